The van der Waals surface area contributed by atoms with Crippen LogP contribution in [0.4, 0.5) is 5.69 Å². The molecule has 3 aromatic rings. The summed E-state index contributed by atoms with van der Waals surface area (Å²) in [4.78, 5) is 4.29. The topological polar surface area (TPSA) is 39.1 Å². The maximum absolute atomic E-state index is 6.10. The van der Waals surface area contributed by atoms with Crippen molar-refractivity contribution >= 4 is 17.3 Å². The van der Waals surface area contributed by atoms with Crippen LogP contribution in [0.2, 0.25) is 5.02 Å². The zero-order valence-corrected chi connectivity index (χ0v) is 12.9. The molecule has 0 atom stereocenters. The SMILES string of the molecule is Cn1ccnc1CNc1cc(Cl)ccc1Oc1ccccc1. The average molecular weight is 314 g/mol. The van der Waals surface area contributed by atoms with Crippen LogP contribution >= 0.6 is 11.6 Å². The van der Waals surface area contributed by atoms with Crippen molar-refractivity contribution in [2.45, 2.75) is 6.54 Å². The number of ether oxygens (including phenoxy) is 1. The molecule has 112 valence electrons. The van der Waals surface area contributed by atoms with Gasteiger partial charge in [-0.05, 0) is 30.3 Å². The van der Waals surface area contributed by atoms with Crippen LogP contribution in [0.1, 0.15) is 5.82 Å². The van der Waals surface area contributed by atoms with Crippen LogP contribution in [0.15, 0.2) is 60.9 Å². The molecule has 0 amide bonds. The number of hydrogen-bond acceptors (Lipinski definition) is 3. The van der Waals surface area contributed by atoms with Crippen LogP contribution in [0, 0.1) is 0 Å². The number of nitrogens with zero attached hydrogens (tertiary/aromatic N) is 2. The van der Waals surface area contributed by atoms with E-state index in [0.29, 0.717) is 11.6 Å². The summed E-state index contributed by atoms with van der Waals surface area (Å²) in [6, 6.07) is 15.2. The molecule has 0 spiro atoms. The van der Waals surface area contributed by atoms with Crippen LogP contribution in [-0.2, 0) is 13.6 Å². The highest BCUT2D eigenvalue weighted by atomic mass is 35.5. The van der Waals surface area contributed by atoms with Crippen molar-refractivity contribution in [2.75, 3.05) is 5.32 Å². The number of hydrogen-bond donors (Lipinski definition) is 1. The van der Waals surface area contributed by atoms with Gasteiger partial charge in [-0.3, -0.25) is 0 Å². The lowest BCUT2D eigenvalue weighted by molar-refractivity contribution is 0.484. The lowest BCUT2D eigenvalue weighted by Crippen LogP contribution is -2.06. The van der Waals surface area contributed by atoms with E-state index < -0.39 is 0 Å². The molecule has 1 aromatic heterocycles. The van der Waals surface area contributed by atoms with E-state index in [1.165, 1.54) is 0 Å². The molecular weight excluding hydrogens is 298 g/mol. The van der Waals surface area contributed by atoms with Gasteiger partial charge in [0.25, 0.3) is 0 Å². The van der Waals surface area contributed by atoms with Crippen molar-refractivity contribution in [3.8, 4) is 11.5 Å². The third-order valence-electron chi connectivity index (χ3n) is 3.27. The van der Waals surface area contributed by atoms with Gasteiger partial charge in [-0.1, -0.05) is 29.8 Å². The Morgan fingerprint density at radius 1 is 1.18 bits per heavy atom. The van der Waals surface area contributed by atoms with Crippen LogP contribution in [0.3, 0.4) is 0 Å². The predicted octanol–water partition coefficient (Wildman–Crippen LogP) is 4.48. The molecule has 22 heavy (non-hydrogen) atoms. The molecule has 5 heteroatoms. The van der Waals surface area contributed by atoms with Gasteiger partial charge in [-0.15, -0.1) is 0 Å². The molecule has 0 bridgehead atoms. The summed E-state index contributed by atoms with van der Waals surface area (Å²) in [6.07, 6.45) is 3.69. The Kier molecular flexibility index (Phi) is 4.30. The van der Waals surface area contributed by atoms with Gasteiger partial charge in [-0.2, -0.15) is 0 Å². The van der Waals surface area contributed by atoms with Crippen LogP contribution in [-0.4, -0.2) is 9.55 Å². The summed E-state index contributed by atoms with van der Waals surface area (Å²) >= 11 is 6.10. The number of imidazole rings is 1. The third-order valence-corrected chi connectivity index (χ3v) is 3.51. The number of rotatable bonds is 5. The quantitative estimate of drug-likeness (QED) is 0.755. The van der Waals surface area contributed by atoms with Gasteiger partial charge < -0.3 is 14.6 Å². The molecule has 0 aliphatic rings. The Balaban J connectivity index is 1.80. The van der Waals surface area contributed by atoms with E-state index >= 15 is 0 Å². The molecule has 0 aliphatic heterocycles. The molecule has 0 aliphatic carbocycles. The van der Waals surface area contributed by atoms with Crippen molar-refractivity contribution in [3.63, 3.8) is 0 Å². The van der Waals surface area contributed by atoms with Gasteiger partial charge in [0.15, 0.2) is 5.75 Å². The van der Waals surface area contributed by atoms with Crippen molar-refractivity contribution in [1.29, 1.82) is 0 Å². The number of aryl methyl sites for hydroxylation is 1. The fourth-order valence-electron chi connectivity index (χ4n) is 2.09. The Bertz CT molecular complexity index is 756. The van der Waals surface area contributed by atoms with Crippen molar-refractivity contribution in [2.24, 2.45) is 7.05 Å². The van der Waals surface area contributed by atoms with Gasteiger partial charge in [-0.25, -0.2) is 4.98 Å². The zero-order valence-electron chi connectivity index (χ0n) is 12.2. The fourth-order valence-corrected chi connectivity index (χ4v) is 2.26. The predicted molar refractivity (Wildman–Crippen MR) is 88.5 cm³/mol. The van der Waals surface area contributed by atoms with E-state index in [1.54, 1.807) is 6.20 Å². The second-order valence-corrected chi connectivity index (χ2v) is 5.30. The largest absolute Gasteiger partial charge is 0.455 e. The minimum Gasteiger partial charge on any atom is -0.455 e. The van der Waals surface area contributed by atoms with Gasteiger partial charge in [0.2, 0.25) is 0 Å². The van der Waals surface area contributed by atoms with Crippen molar-refractivity contribution in [1.82, 2.24) is 9.55 Å². The number of aromatic nitrogens is 2. The molecule has 1 N–H and O–H groups in total. The summed E-state index contributed by atoms with van der Waals surface area (Å²) in [7, 11) is 1.96. The maximum atomic E-state index is 6.10. The molecule has 4 nitrogen and oxygen atoms in total. The first-order chi connectivity index (χ1) is 10.7. The molecule has 0 fully saturated rings. The van der Waals surface area contributed by atoms with E-state index in [1.807, 2.05) is 66.3 Å². The number of para-hydroxylation sites is 1. The third kappa shape index (κ3) is 3.40. The van der Waals surface area contributed by atoms with E-state index in [-0.39, 0.29) is 0 Å². The molecule has 2 aromatic carbocycles. The van der Waals surface area contributed by atoms with Crippen LogP contribution < -0.4 is 10.1 Å². The Morgan fingerprint density at radius 2 is 2.00 bits per heavy atom. The number of benzene rings is 2. The fraction of sp³-hybridized carbons (Fsp3) is 0.118. The summed E-state index contributed by atoms with van der Waals surface area (Å²) in [5.74, 6) is 2.44. The molecule has 0 saturated carbocycles. The summed E-state index contributed by atoms with van der Waals surface area (Å²) in [5.41, 5.74) is 0.833. The second kappa shape index (κ2) is 6.54. The highest BCUT2D eigenvalue weighted by molar-refractivity contribution is 6.30. The van der Waals surface area contributed by atoms with Gasteiger partial charge in [0.05, 0.1) is 12.2 Å². The lowest BCUT2D eigenvalue weighted by Gasteiger charge is -2.13. The average Bonchev–Trinajstić information content (AvgIpc) is 2.94. The van der Waals surface area contributed by atoms with Crippen molar-refractivity contribution in [3.05, 3.63) is 71.8 Å². The maximum Gasteiger partial charge on any atom is 0.150 e. The van der Waals surface area contributed by atoms with Gasteiger partial charge >= 0.3 is 0 Å². The standard InChI is InChI=1S/C17H16ClN3O/c1-21-10-9-19-17(21)12-20-15-11-13(18)7-8-16(15)22-14-5-3-2-4-6-14/h2-11,20H,12H2,1H3. The second-order valence-electron chi connectivity index (χ2n) is 4.86. The number of anilines is 1. The summed E-state index contributed by atoms with van der Waals surface area (Å²) in [6.45, 7) is 0.592. The first-order valence-electron chi connectivity index (χ1n) is 6.95. The minimum absolute atomic E-state index is 0.592. The van der Waals surface area contributed by atoms with E-state index in [0.717, 1.165) is 23.0 Å². The Morgan fingerprint density at radius 3 is 2.73 bits per heavy atom. The van der Waals surface area contributed by atoms with Gasteiger partial charge in [0, 0.05) is 24.5 Å². The summed E-state index contributed by atoms with van der Waals surface area (Å²) in [5, 5.41) is 3.98. The van der Waals surface area contributed by atoms with Gasteiger partial charge in [0.1, 0.15) is 11.6 Å². The highest BCUT2D eigenvalue weighted by Gasteiger charge is 2.07. The van der Waals surface area contributed by atoms with Crippen molar-refractivity contribution < 1.29 is 4.74 Å². The monoisotopic (exact) mass is 313 g/mol. The Hall–Kier alpha value is -2.46. The molecule has 0 saturated heterocycles. The minimum atomic E-state index is 0.592. The molecule has 1 heterocycles. The first-order valence-corrected chi connectivity index (χ1v) is 7.33. The smallest absolute Gasteiger partial charge is 0.150 e. The number of halogens is 1. The van der Waals surface area contributed by atoms with E-state index in [2.05, 4.69) is 10.3 Å². The highest BCUT2D eigenvalue weighted by Crippen LogP contribution is 2.32. The van der Waals surface area contributed by atoms with E-state index in [4.69, 9.17) is 16.3 Å². The summed E-state index contributed by atoms with van der Waals surface area (Å²) < 4.78 is 7.88. The lowest BCUT2D eigenvalue weighted by atomic mass is 10.2. The Labute approximate surface area is 134 Å². The first kappa shape index (κ1) is 14.5. The molecular formula is C17H16ClN3O. The molecule has 0 radical (unpaired) electrons. The van der Waals surface area contributed by atoms with E-state index in [9.17, 15) is 0 Å². The normalized spacial score (nSPS) is 10.5. The number of nitrogens with one attached hydrogen (secondary N) is 1. The van der Waals surface area contributed by atoms with Crippen LogP contribution in [0.25, 0.3) is 0 Å². The molecule has 3 rings (SSSR count). The molecule has 0 unspecified atom stereocenters. The van der Waals surface area contributed by atoms with Crippen LogP contribution in [0.5, 0.6) is 11.5 Å². The zero-order chi connectivity index (χ0) is 15.4.